The van der Waals surface area contributed by atoms with E-state index in [4.69, 9.17) is 5.73 Å². The van der Waals surface area contributed by atoms with Gasteiger partial charge in [-0.05, 0) is 30.9 Å². The van der Waals surface area contributed by atoms with Crippen molar-refractivity contribution in [1.29, 1.82) is 0 Å². The van der Waals surface area contributed by atoms with E-state index in [9.17, 15) is 0 Å². The first kappa shape index (κ1) is 12.4. The van der Waals surface area contributed by atoms with Crippen molar-refractivity contribution in [2.45, 2.75) is 44.2 Å². The average Bonchev–Trinajstić information content (AvgIpc) is 3.14. The summed E-state index contributed by atoms with van der Waals surface area (Å²) in [6.45, 7) is 3.11. The Morgan fingerprint density at radius 3 is 2.63 bits per heavy atom. The number of rotatable bonds is 5. The first-order valence-corrected chi connectivity index (χ1v) is 7.11. The summed E-state index contributed by atoms with van der Waals surface area (Å²) in [6, 6.07) is 12.8. The summed E-state index contributed by atoms with van der Waals surface area (Å²) in [4.78, 5) is 0. The molecule has 2 N–H and O–H groups in total. The number of hydrogen-bond donors (Lipinski definition) is 1. The molecule has 0 saturated heterocycles. The first-order valence-electron chi connectivity index (χ1n) is 7.11. The number of nitrogens with two attached hydrogens (primary N) is 1. The van der Waals surface area contributed by atoms with E-state index in [1.807, 2.05) is 6.20 Å². The Labute approximate surface area is 114 Å². The zero-order chi connectivity index (χ0) is 13.3. The first-order chi connectivity index (χ1) is 9.28. The summed E-state index contributed by atoms with van der Waals surface area (Å²) in [5.74, 6) is 0. The molecular weight excluding hydrogens is 234 g/mol. The summed E-state index contributed by atoms with van der Waals surface area (Å²) < 4.78 is 2.06. The average molecular weight is 255 g/mol. The molecule has 1 unspecified atom stereocenters. The fourth-order valence-corrected chi connectivity index (χ4v) is 2.97. The van der Waals surface area contributed by atoms with Gasteiger partial charge >= 0.3 is 0 Å². The lowest BCUT2D eigenvalue weighted by atomic mass is 9.86. The van der Waals surface area contributed by atoms with Crippen molar-refractivity contribution in [2.75, 3.05) is 0 Å². The molecule has 1 aromatic heterocycles. The highest BCUT2D eigenvalue weighted by Crippen LogP contribution is 2.55. The Kier molecular flexibility index (Phi) is 3.15. The number of aryl methyl sites for hydroxylation is 1. The lowest BCUT2D eigenvalue weighted by Crippen LogP contribution is -2.29. The van der Waals surface area contributed by atoms with E-state index in [0.29, 0.717) is 0 Å². The Bertz CT molecular complexity index is 540. The molecule has 100 valence electrons. The second kappa shape index (κ2) is 4.82. The molecule has 2 aromatic rings. The van der Waals surface area contributed by atoms with Crippen LogP contribution in [0.5, 0.6) is 0 Å². The summed E-state index contributed by atoms with van der Waals surface area (Å²) in [7, 11) is 0. The second-order valence-electron chi connectivity index (χ2n) is 5.48. The van der Waals surface area contributed by atoms with Gasteiger partial charge in [-0.2, -0.15) is 5.10 Å². The van der Waals surface area contributed by atoms with Crippen LogP contribution < -0.4 is 5.73 Å². The van der Waals surface area contributed by atoms with Crippen LogP contribution in [0.15, 0.2) is 42.6 Å². The van der Waals surface area contributed by atoms with Gasteiger partial charge in [0.15, 0.2) is 0 Å². The molecule has 0 spiro atoms. The van der Waals surface area contributed by atoms with Crippen LogP contribution in [0.4, 0.5) is 0 Å². The molecule has 0 amide bonds. The Hall–Kier alpha value is -1.61. The van der Waals surface area contributed by atoms with Crippen LogP contribution in [0.2, 0.25) is 0 Å². The number of nitrogens with zero attached hydrogens (tertiary/aromatic N) is 2. The summed E-state index contributed by atoms with van der Waals surface area (Å²) in [6.07, 6.45) is 5.30. The quantitative estimate of drug-likeness (QED) is 0.892. The third-order valence-electron chi connectivity index (χ3n) is 4.24. The van der Waals surface area contributed by atoms with Crippen molar-refractivity contribution in [3.8, 4) is 0 Å². The highest BCUT2D eigenvalue weighted by atomic mass is 15.3. The number of benzene rings is 1. The predicted molar refractivity (Wildman–Crippen MR) is 76.8 cm³/mol. The molecule has 19 heavy (non-hydrogen) atoms. The smallest absolute Gasteiger partial charge is 0.0565 e. The predicted octanol–water partition coefficient (Wildman–Crippen LogP) is 3.02. The van der Waals surface area contributed by atoms with Crippen LogP contribution in [-0.4, -0.2) is 9.78 Å². The maximum atomic E-state index is 6.58. The molecule has 0 radical (unpaired) electrons. The molecule has 3 nitrogen and oxygen atoms in total. The molecule has 1 aromatic carbocycles. The van der Waals surface area contributed by atoms with Gasteiger partial charge in [-0.3, -0.25) is 4.68 Å². The van der Waals surface area contributed by atoms with Crippen LogP contribution >= 0.6 is 0 Å². The van der Waals surface area contributed by atoms with Gasteiger partial charge in [-0.15, -0.1) is 0 Å². The van der Waals surface area contributed by atoms with E-state index < -0.39 is 0 Å². The monoisotopic (exact) mass is 255 g/mol. The second-order valence-corrected chi connectivity index (χ2v) is 5.48. The van der Waals surface area contributed by atoms with Gasteiger partial charge in [0.2, 0.25) is 0 Å². The molecule has 1 aliphatic carbocycles. The van der Waals surface area contributed by atoms with Crippen molar-refractivity contribution >= 4 is 0 Å². The van der Waals surface area contributed by atoms with Gasteiger partial charge in [0, 0.05) is 18.2 Å². The third-order valence-corrected chi connectivity index (χ3v) is 4.24. The van der Waals surface area contributed by atoms with Crippen molar-refractivity contribution in [3.05, 3.63) is 53.9 Å². The molecule has 0 bridgehead atoms. The lowest BCUT2D eigenvalue weighted by Gasteiger charge is -2.24. The van der Waals surface area contributed by atoms with Crippen molar-refractivity contribution in [1.82, 2.24) is 9.78 Å². The highest BCUT2D eigenvalue weighted by Gasteiger charge is 2.50. The fraction of sp³-hybridized carbons (Fsp3) is 0.438. The van der Waals surface area contributed by atoms with Crippen LogP contribution in [-0.2, 0) is 12.0 Å². The molecule has 1 saturated carbocycles. The van der Waals surface area contributed by atoms with Gasteiger partial charge in [0.05, 0.1) is 11.7 Å². The topological polar surface area (TPSA) is 43.8 Å². The molecule has 3 heteroatoms. The van der Waals surface area contributed by atoms with Crippen LogP contribution in [0.3, 0.4) is 0 Å². The summed E-state index contributed by atoms with van der Waals surface area (Å²) in [5, 5.41) is 4.40. The highest BCUT2D eigenvalue weighted by molar-refractivity contribution is 5.36. The molecule has 0 aliphatic heterocycles. The van der Waals surface area contributed by atoms with E-state index in [2.05, 4.69) is 53.1 Å². The van der Waals surface area contributed by atoms with Gasteiger partial charge in [0.1, 0.15) is 0 Å². The zero-order valence-corrected chi connectivity index (χ0v) is 11.4. The van der Waals surface area contributed by atoms with Gasteiger partial charge in [-0.1, -0.05) is 37.3 Å². The van der Waals surface area contributed by atoms with Gasteiger partial charge < -0.3 is 5.73 Å². The Balaban J connectivity index is 1.91. The molecular formula is C16H21N3. The van der Waals surface area contributed by atoms with Crippen LogP contribution in [0, 0.1) is 0 Å². The van der Waals surface area contributed by atoms with Crippen molar-refractivity contribution in [2.24, 2.45) is 5.73 Å². The third kappa shape index (κ3) is 2.08. The van der Waals surface area contributed by atoms with E-state index in [1.165, 1.54) is 24.1 Å². The normalized spacial score (nSPS) is 18.2. The maximum absolute atomic E-state index is 6.58. The zero-order valence-electron chi connectivity index (χ0n) is 11.4. The minimum atomic E-state index is 0.0453. The SMILES string of the molecule is CCCn1nccc1C(N)C1(c2ccccc2)CC1. The number of aromatic nitrogens is 2. The van der Waals surface area contributed by atoms with E-state index in [0.717, 1.165) is 13.0 Å². The lowest BCUT2D eigenvalue weighted by molar-refractivity contribution is 0.473. The summed E-state index contributed by atoms with van der Waals surface area (Å²) in [5.41, 5.74) is 9.25. The number of hydrogen-bond acceptors (Lipinski definition) is 2. The van der Waals surface area contributed by atoms with E-state index in [-0.39, 0.29) is 11.5 Å². The van der Waals surface area contributed by atoms with Crippen molar-refractivity contribution < 1.29 is 0 Å². The summed E-state index contributed by atoms with van der Waals surface area (Å²) >= 11 is 0. The van der Waals surface area contributed by atoms with E-state index in [1.54, 1.807) is 0 Å². The maximum Gasteiger partial charge on any atom is 0.0565 e. The minimum absolute atomic E-state index is 0.0453. The van der Waals surface area contributed by atoms with E-state index >= 15 is 0 Å². The van der Waals surface area contributed by atoms with Crippen molar-refractivity contribution in [3.63, 3.8) is 0 Å². The molecule has 3 rings (SSSR count). The van der Waals surface area contributed by atoms with Crippen LogP contribution in [0.25, 0.3) is 0 Å². The van der Waals surface area contributed by atoms with Gasteiger partial charge in [0.25, 0.3) is 0 Å². The Morgan fingerprint density at radius 1 is 1.26 bits per heavy atom. The van der Waals surface area contributed by atoms with Gasteiger partial charge in [-0.25, -0.2) is 0 Å². The standard InChI is InChI=1S/C16H21N3/c1-2-12-19-14(8-11-18-19)15(17)16(9-10-16)13-6-4-3-5-7-13/h3-8,11,15H,2,9-10,12,17H2,1H3. The molecule has 1 heterocycles. The Morgan fingerprint density at radius 2 is 2.00 bits per heavy atom. The molecule has 1 atom stereocenters. The molecule has 1 aliphatic rings. The van der Waals surface area contributed by atoms with Crippen LogP contribution in [0.1, 0.15) is 43.5 Å². The minimum Gasteiger partial charge on any atom is -0.322 e. The molecule has 1 fully saturated rings. The largest absolute Gasteiger partial charge is 0.322 e. The fourth-order valence-electron chi connectivity index (χ4n) is 2.97.